The summed E-state index contributed by atoms with van der Waals surface area (Å²) in [7, 11) is 0. The van der Waals surface area contributed by atoms with Gasteiger partial charge < -0.3 is 19.0 Å². The molecule has 2 unspecified atom stereocenters. The van der Waals surface area contributed by atoms with Gasteiger partial charge in [-0.1, -0.05) is 0 Å². The second kappa shape index (κ2) is 5.01. The van der Waals surface area contributed by atoms with Gasteiger partial charge in [-0.2, -0.15) is 0 Å². The predicted octanol–water partition coefficient (Wildman–Crippen LogP) is 0.484. The topological polar surface area (TPSA) is 95.8 Å². The Morgan fingerprint density at radius 3 is 2.50 bits per heavy atom. The van der Waals surface area contributed by atoms with Gasteiger partial charge in [-0.3, -0.25) is 4.90 Å². The van der Waals surface area contributed by atoms with Crippen molar-refractivity contribution in [3.05, 3.63) is 23.5 Å². The van der Waals surface area contributed by atoms with E-state index in [-0.39, 0.29) is 0 Å². The molecule has 3 heterocycles. The Labute approximate surface area is 115 Å². The number of aliphatic hydroxyl groups excluding tert-OH is 2. The monoisotopic (exact) mass is 279 g/mol. The molecule has 1 fully saturated rings. The summed E-state index contributed by atoms with van der Waals surface area (Å²) < 4.78 is 11.0. The van der Waals surface area contributed by atoms with Gasteiger partial charge in [0.2, 0.25) is 5.89 Å². The molecule has 2 aromatic rings. The number of nitrogens with zero attached hydrogens (tertiary/aromatic N) is 3. The van der Waals surface area contributed by atoms with Crippen LogP contribution in [0.1, 0.15) is 17.4 Å². The van der Waals surface area contributed by atoms with E-state index in [9.17, 15) is 10.2 Å². The number of furan rings is 1. The van der Waals surface area contributed by atoms with Crippen molar-refractivity contribution >= 4 is 0 Å². The highest BCUT2D eigenvalue weighted by Gasteiger charge is 2.30. The molecule has 0 spiro atoms. The van der Waals surface area contributed by atoms with E-state index in [1.54, 1.807) is 0 Å². The molecule has 1 aliphatic rings. The summed E-state index contributed by atoms with van der Waals surface area (Å²) in [5, 5.41) is 27.0. The first kappa shape index (κ1) is 13.3. The molecule has 2 N–H and O–H groups in total. The maximum Gasteiger partial charge on any atom is 0.251 e. The second-order valence-corrected chi connectivity index (χ2v) is 5.16. The summed E-state index contributed by atoms with van der Waals surface area (Å²) in [6.07, 6.45) is -1.42. The maximum atomic E-state index is 9.50. The molecule has 0 radical (unpaired) electrons. The number of β-amino-alcohol motifs (C(OH)–C–C–N with tert-alkyl or cyclic N) is 2. The SMILES string of the molecule is Cc1cc(-c2nnc(CN3CC(O)C(O)C3)o2)c(C)o1. The molecule has 7 nitrogen and oxygen atoms in total. The molecular weight excluding hydrogens is 262 g/mol. The van der Waals surface area contributed by atoms with Crippen LogP contribution in [0, 0.1) is 13.8 Å². The molecule has 0 aliphatic carbocycles. The van der Waals surface area contributed by atoms with Crippen LogP contribution in [0.3, 0.4) is 0 Å². The third kappa shape index (κ3) is 2.47. The zero-order chi connectivity index (χ0) is 14.3. The van der Waals surface area contributed by atoms with Crippen LogP contribution in [0.15, 0.2) is 14.9 Å². The molecule has 7 heteroatoms. The summed E-state index contributed by atoms with van der Waals surface area (Å²) in [5.41, 5.74) is 0.794. The summed E-state index contributed by atoms with van der Waals surface area (Å²) in [6, 6.07) is 1.86. The van der Waals surface area contributed by atoms with E-state index >= 15 is 0 Å². The Morgan fingerprint density at radius 2 is 1.90 bits per heavy atom. The first-order valence-electron chi connectivity index (χ1n) is 6.51. The molecule has 2 atom stereocenters. The molecule has 2 aromatic heterocycles. The lowest BCUT2D eigenvalue weighted by Crippen LogP contribution is -2.22. The molecule has 0 bridgehead atoms. The smallest absolute Gasteiger partial charge is 0.251 e. The van der Waals surface area contributed by atoms with Gasteiger partial charge in [-0.25, -0.2) is 0 Å². The Kier molecular flexibility index (Phi) is 3.33. The summed E-state index contributed by atoms with van der Waals surface area (Å²) >= 11 is 0. The Hall–Kier alpha value is -1.70. The fourth-order valence-electron chi connectivity index (χ4n) is 2.44. The highest BCUT2D eigenvalue weighted by molar-refractivity contribution is 5.55. The average Bonchev–Trinajstić information content (AvgIpc) is 3.02. The van der Waals surface area contributed by atoms with Gasteiger partial charge in [0.25, 0.3) is 5.89 Å². The molecule has 0 amide bonds. The molecular formula is C13H17N3O4. The molecule has 20 heavy (non-hydrogen) atoms. The van der Waals surface area contributed by atoms with E-state index in [0.29, 0.717) is 31.4 Å². The highest BCUT2D eigenvalue weighted by atomic mass is 16.4. The van der Waals surface area contributed by atoms with Crippen LogP contribution >= 0.6 is 0 Å². The van der Waals surface area contributed by atoms with E-state index in [4.69, 9.17) is 8.83 Å². The minimum Gasteiger partial charge on any atom is -0.466 e. The Bertz CT molecular complexity index is 597. The molecule has 3 rings (SSSR count). The lowest BCUT2D eigenvalue weighted by molar-refractivity contribution is 0.0572. The van der Waals surface area contributed by atoms with Crippen LogP contribution in [0.25, 0.3) is 11.5 Å². The van der Waals surface area contributed by atoms with E-state index in [1.807, 2.05) is 24.8 Å². The quantitative estimate of drug-likeness (QED) is 0.843. The van der Waals surface area contributed by atoms with Crippen LogP contribution in [0.4, 0.5) is 0 Å². The number of rotatable bonds is 3. The molecule has 1 saturated heterocycles. The fourth-order valence-corrected chi connectivity index (χ4v) is 2.44. The second-order valence-electron chi connectivity index (χ2n) is 5.16. The summed E-state index contributed by atoms with van der Waals surface area (Å²) in [5.74, 6) is 2.42. The van der Waals surface area contributed by atoms with E-state index in [2.05, 4.69) is 10.2 Å². The number of hydrogen-bond donors (Lipinski definition) is 2. The standard InChI is InChI=1S/C13H17N3O4/c1-7-3-9(8(2)19-7)13-15-14-12(20-13)6-16-4-10(17)11(18)5-16/h3,10-11,17-18H,4-6H2,1-2H3. The van der Waals surface area contributed by atoms with Crippen LogP contribution in [-0.4, -0.2) is 50.6 Å². The van der Waals surface area contributed by atoms with Crippen molar-refractivity contribution in [2.45, 2.75) is 32.6 Å². The van der Waals surface area contributed by atoms with Crippen LogP contribution in [0.2, 0.25) is 0 Å². The Balaban J connectivity index is 1.73. The number of aryl methyl sites for hydroxylation is 2. The lowest BCUT2D eigenvalue weighted by atomic mass is 10.2. The number of hydrogen-bond acceptors (Lipinski definition) is 7. The van der Waals surface area contributed by atoms with Crippen molar-refractivity contribution in [3.8, 4) is 11.5 Å². The lowest BCUT2D eigenvalue weighted by Gasteiger charge is -2.10. The normalized spacial score (nSPS) is 23.6. The zero-order valence-electron chi connectivity index (χ0n) is 11.4. The molecule has 108 valence electrons. The first-order chi connectivity index (χ1) is 9.52. The molecule has 0 aromatic carbocycles. The maximum absolute atomic E-state index is 9.50. The van der Waals surface area contributed by atoms with Crippen molar-refractivity contribution in [3.63, 3.8) is 0 Å². The summed E-state index contributed by atoms with van der Waals surface area (Å²) in [6.45, 7) is 4.93. The fraction of sp³-hybridized carbons (Fsp3) is 0.538. The Morgan fingerprint density at radius 1 is 1.20 bits per heavy atom. The minimum atomic E-state index is -0.712. The third-order valence-electron chi connectivity index (χ3n) is 3.43. The van der Waals surface area contributed by atoms with Crippen molar-refractivity contribution in [2.24, 2.45) is 0 Å². The van der Waals surface area contributed by atoms with E-state index in [0.717, 1.165) is 17.1 Å². The van der Waals surface area contributed by atoms with Gasteiger partial charge in [0.05, 0.1) is 24.3 Å². The van der Waals surface area contributed by atoms with Crippen LogP contribution in [0.5, 0.6) is 0 Å². The van der Waals surface area contributed by atoms with Gasteiger partial charge >= 0.3 is 0 Å². The van der Waals surface area contributed by atoms with Crippen molar-refractivity contribution in [2.75, 3.05) is 13.1 Å². The van der Waals surface area contributed by atoms with E-state index < -0.39 is 12.2 Å². The third-order valence-corrected chi connectivity index (χ3v) is 3.43. The number of likely N-dealkylation sites (tertiary alicyclic amines) is 1. The van der Waals surface area contributed by atoms with Gasteiger partial charge in [-0.05, 0) is 19.9 Å². The van der Waals surface area contributed by atoms with Gasteiger partial charge in [0.1, 0.15) is 11.5 Å². The predicted molar refractivity (Wildman–Crippen MR) is 68.8 cm³/mol. The van der Waals surface area contributed by atoms with Crippen molar-refractivity contribution in [1.82, 2.24) is 15.1 Å². The average molecular weight is 279 g/mol. The van der Waals surface area contributed by atoms with Crippen molar-refractivity contribution < 1.29 is 19.0 Å². The van der Waals surface area contributed by atoms with Gasteiger partial charge in [0.15, 0.2) is 0 Å². The van der Waals surface area contributed by atoms with Crippen LogP contribution in [-0.2, 0) is 6.54 Å². The number of aromatic nitrogens is 2. The van der Waals surface area contributed by atoms with Gasteiger partial charge in [0, 0.05) is 13.1 Å². The van der Waals surface area contributed by atoms with Gasteiger partial charge in [-0.15, -0.1) is 10.2 Å². The number of aliphatic hydroxyl groups is 2. The van der Waals surface area contributed by atoms with Crippen LogP contribution < -0.4 is 0 Å². The first-order valence-corrected chi connectivity index (χ1v) is 6.51. The highest BCUT2D eigenvalue weighted by Crippen LogP contribution is 2.25. The largest absolute Gasteiger partial charge is 0.466 e. The zero-order valence-corrected chi connectivity index (χ0v) is 11.4. The molecule has 1 aliphatic heterocycles. The summed E-state index contributed by atoms with van der Waals surface area (Å²) in [4.78, 5) is 1.88. The van der Waals surface area contributed by atoms with E-state index in [1.165, 1.54) is 0 Å². The minimum absolute atomic E-state index is 0.405. The van der Waals surface area contributed by atoms with Crippen molar-refractivity contribution in [1.29, 1.82) is 0 Å². The molecule has 0 saturated carbocycles.